The molecule has 0 aromatic carbocycles. The lowest BCUT2D eigenvalue weighted by molar-refractivity contribution is -0.119. The summed E-state index contributed by atoms with van der Waals surface area (Å²) in [5.74, 6) is -0.997. The summed E-state index contributed by atoms with van der Waals surface area (Å²) < 4.78 is 0. The van der Waals surface area contributed by atoms with Gasteiger partial charge in [-0.15, -0.1) is 0 Å². The molecule has 0 radical (unpaired) electrons. The fraction of sp³-hybridized carbons (Fsp3) is 0.467. The van der Waals surface area contributed by atoms with Crippen LogP contribution in [0.15, 0.2) is 18.3 Å². The topological polar surface area (TPSA) is 99.6 Å². The van der Waals surface area contributed by atoms with Crippen molar-refractivity contribution in [2.45, 2.75) is 19.8 Å². The van der Waals surface area contributed by atoms with Gasteiger partial charge in [0.2, 0.25) is 5.91 Å². The molecule has 22 heavy (non-hydrogen) atoms. The second kappa shape index (κ2) is 7.02. The van der Waals surface area contributed by atoms with Crippen molar-refractivity contribution >= 4 is 17.8 Å². The van der Waals surface area contributed by atoms with Crippen LogP contribution in [0.25, 0.3) is 0 Å². The van der Waals surface area contributed by atoms with E-state index in [1.165, 1.54) is 25.3 Å². The smallest absolute Gasteiger partial charge is 0.354 e. The van der Waals surface area contributed by atoms with Gasteiger partial charge in [0.25, 0.3) is 5.91 Å². The fourth-order valence-electron chi connectivity index (χ4n) is 2.49. The minimum Gasteiger partial charge on any atom is -0.477 e. The second-order valence-electron chi connectivity index (χ2n) is 5.41. The van der Waals surface area contributed by atoms with E-state index in [0.717, 1.165) is 12.8 Å². The van der Waals surface area contributed by atoms with Crippen LogP contribution in [0.5, 0.6) is 0 Å². The van der Waals surface area contributed by atoms with Gasteiger partial charge in [-0.3, -0.25) is 9.59 Å². The molecular formula is C15H19N3O4. The largest absolute Gasteiger partial charge is 0.477 e. The van der Waals surface area contributed by atoms with Crippen LogP contribution in [-0.2, 0) is 4.79 Å². The Balaban J connectivity index is 1.93. The lowest BCUT2D eigenvalue weighted by Gasteiger charge is -2.32. The highest BCUT2D eigenvalue weighted by Crippen LogP contribution is 2.18. The molecule has 1 saturated heterocycles. The van der Waals surface area contributed by atoms with Crippen LogP contribution in [0.1, 0.15) is 40.6 Å². The number of carbonyl (C=O) groups excluding carboxylic acids is 2. The minimum atomic E-state index is -1.15. The Hall–Kier alpha value is -2.44. The van der Waals surface area contributed by atoms with E-state index in [-0.39, 0.29) is 17.5 Å². The Morgan fingerprint density at radius 2 is 2.05 bits per heavy atom. The molecule has 0 saturated carbocycles. The summed E-state index contributed by atoms with van der Waals surface area (Å²) >= 11 is 0. The highest BCUT2D eigenvalue weighted by atomic mass is 16.4. The van der Waals surface area contributed by atoms with Gasteiger partial charge in [0.1, 0.15) is 5.69 Å². The Bertz CT molecular complexity index is 580. The Labute approximate surface area is 128 Å². The molecule has 2 N–H and O–H groups in total. The van der Waals surface area contributed by atoms with Crippen LogP contribution in [0.2, 0.25) is 0 Å². The van der Waals surface area contributed by atoms with Crippen molar-refractivity contribution in [3.05, 3.63) is 29.6 Å². The lowest BCUT2D eigenvalue weighted by atomic mass is 9.96. The van der Waals surface area contributed by atoms with E-state index in [1.54, 1.807) is 4.90 Å². The SMILES string of the molecule is CC(=O)NCC1CCN(C(=O)c2ccnc(C(=O)O)c2)CC1. The van der Waals surface area contributed by atoms with Crippen molar-refractivity contribution in [1.82, 2.24) is 15.2 Å². The lowest BCUT2D eigenvalue weighted by Crippen LogP contribution is -2.41. The van der Waals surface area contributed by atoms with Gasteiger partial charge in [0, 0.05) is 38.3 Å². The normalized spacial score (nSPS) is 15.4. The predicted molar refractivity (Wildman–Crippen MR) is 78.5 cm³/mol. The third kappa shape index (κ3) is 4.03. The number of nitrogens with one attached hydrogen (secondary N) is 1. The average Bonchev–Trinajstić information content (AvgIpc) is 2.53. The number of pyridine rings is 1. The first-order valence-electron chi connectivity index (χ1n) is 7.20. The van der Waals surface area contributed by atoms with E-state index >= 15 is 0 Å². The van der Waals surface area contributed by atoms with Crippen LogP contribution < -0.4 is 5.32 Å². The molecular weight excluding hydrogens is 286 g/mol. The van der Waals surface area contributed by atoms with Crippen LogP contribution >= 0.6 is 0 Å². The first-order valence-corrected chi connectivity index (χ1v) is 7.20. The summed E-state index contributed by atoms with van der Waals surface area (Å²) in [6.45, 7) is 3.33. The number of hydrogen-bond acceptors (Lipinski definition) is 4. The van der Waals surface area contributed by atoms with Gasteiger partial charge in [0.05, 0.1) is 0 Å². The highest BCUT2D eigenvalue weighted by Gasteiger charge is 2.24. The van der Waals surface area contributed by atoms with Crippen LogP contribution in [0.4, 0.5) is 0 Å². The quantitative estimate of drug-likeness (QED) is 0.856. The van der Waals surface area contributed by atoms with Crippen molar-refractivity contribution in [2.24, 2.45) is 5.92 Å². The predicted octanol–water partition coefficient (Wildman–Crippen LogP) is 0.768. The molecule has 7 nitrogen and oxygen atoms in total. The Kier molecular flexibility index (Phi) is 5.08. The molecule has 1 aliphatic heterocycles. The number of carboxylic acids is 1. The molecule has 0 bridgehead atoms. The van der Waals surface area contributed by atoms with Crippen LogP contribution in [0.3, 0.4) is 0 Å². The van der Waals surface area contributed by atoms with Gasteiger partial charge in [-0.05, 0) is 30.9 Å². The first kappa shape index (κ1) is 15.9. The standard InChI is InChI=1S/C15H19N3O4/c1-10(19)17-9-11-3-6-18(7-4-11)14(20)12-2-5-16-13(8-12)15(21)22/h2,5,8,11H,3-4,6-7,9H2,1H3,(H,17,19)(H,21,22). The zero-order chi connectivity index (χ0) is 16.1. The zero-order valence-corrected chi connectivity index (χ0v) is 12.4. The van der Waals surface area contributed by atoms with Crippen LogP contribution in [-0.4, -0.2) is 52.4 Å². The molecule has 1 fully saturated rings. The Morgan fingerprint density at radius 3 is 2.64 bits per heavy atom. The maximum Gasteiger partial charge on any atom is 0.354 e. The Morgan fingerprint density at radius 1 is 1.36 bits per heavy atom. The third-order valence-electron chi connectivity index (χ3n) is 3.77. The van der Waals surface area contributed by atoms with Gasteiger partial charge < -0.3 is 15.3 Å². The molecule has 2 rings (SSSR count). The summed E-state index contributed by atoms with van der Waals surface area (Å²) in [7, 11) is 0. The molecule has 1 aliphatic rings. The van der Waals surface area contributed by atoms with Gasteiger partial charge >= 0.3 is 5.97 Å². The molecule has 2 amide bonds. The van der Waals surface area contributed by atoms with E-state index in [0.29, 0.717) is 31.1 Å². The number of likely N-dealkylation sites (tertiary alicyclic amines) is 1. The monoisotopic (exact) mass is 305 g/mol. The molecule has 0 spiro atoms. The van der Waals surface area contributed by atoms with Crippen molar-refractivity contribution in [1.29, 1.82) is 0 Å². The number of rotatable bonds is 4. The second-order valence-corrected chi connectivity index (χ2v) is 5.41. The van der Waals surface area contributed by atoms with Gasteiger partial charge in [-0.1, -0.05) is 0 Å². The number of aromatic carboxylic acids is 1. The van der Waals surface area contributed by atoms with Crippen molar-refractivity contribution in [3.8, 4) is 0 Å². The number of piperidine rings is 1. The summed E-state index contributed by atoms with van der Waals surface area (Å²) in [4.78, 5) is 39.6. The molecule has 0 atom stereocenters. The van der Waals surface area contributed by atoms with E-state index < -0.39 is 5.97 Å². The summed E-state index contributed by atoms with van der Waals surface area (Å²) in [6.07, 6.45) is 2.98. The molecule has 118 valence electrons. The van der Waals surface area contributed by atoms with Crippen molar-refractivity contribution in [3.63, 3.8) is 0 Å². The number of nitrogens with zero attached hydrogens (tertiary/aromatic N) is 2. The van der Waals surface area contributed by atoms with E-state index in [2.05, 4.69) is 10.3 Å². The number of amides is 2. The zero-order valence-electron chi connectivity index (χ0n) is 12.4. The number of hydrogen-bond donors (Lipinski definition) is 2. The fourth-order valence-corrected chi connectivity index (χ4v) is 2.49. The molecule has 2 heterocycles. The maximum atomic E-state index is 12.4. The maximum absolute atomic E-state index is 12.4. The molecule has 0 aliphatic carbocycles. The number of carbonyl (C=O) groups is 3. The van der Waals surface area contributed by atoms with Crippen molar-refractivity contribution in [2.75, 3.05) is 19.6 Å². The summed E-state index contributed by atoms with van der Waals surface area (Å²) in [6, 6.07) is 2.83. The number of aromatic nitrogens is 1. The molecule has 1 aromatic rings. The number of carboxylic acid groups (broad SMARTS) is 1. The third-order valence-corrected chi connectivity index (χ3v) is 3.77. The van der Waals surface area contributed by atoms with Crippen LogP contribution in [0, 0.1) is 5.92 Å². The minimum absolute atomic E-state index is 0.0449. The van der Waals surface area contributed by atoms with E-state index in [9.17, 15) is 14.4 Å². The highest BCUT2D eigenvalue weighted by molar-refractivity contribution is 5.96. The summed E-state index contributed by atoms with van der Waals surface area (Å²) in [5, 5.41) is 11.7. The van der Waals surface area contributed by atoms with Gasteiger partial charge in [-0.2, -0.15) is 0 Å². The van der Waals surface area contributed by atoms with E-state index in [4.69, 9.17) is 5.11 Å². The average molecular weight is 305 g/mol. The molecule has 1 aromatic heterocycles. The molecule has 7 heteroatoms. The van der Waals surface area contributed by atoms with Crippen molar-refractivity contribution < 1.29 is 19.5 Å². The first-order chi connectivity index (χ1) is 10.5. The van der Waals surface area contributed by atoms with Gasteiger partial charge in [-0.25, -0.2) is 9.78 Å². The van der Waals surface area contributed by atoms with E-state index in [1.807, 2.05) is 0 Å². The summed E-state index contributed by atoms with van der Waals surface area (Å²) in [5.41, 5.74) is 0.208. The molecule has 0 unspecified atom stereocenters. The van der Waals surface area contributed by atoms with Gasteiger partial charge in [0.15, 0.2) is 0 Å².